The molecule has 134 valence electrons. The van der Waals surface area contributed by atoms with Gasteiger partial charge in [0.2, 0.25) is 11.8 Å². The summed E-state index contributed by atoms with van der Waals surface area (Å²) in [4.78, 5) is 20.4. The summed E-state index contributed by atoms with van der Waals surface area (Å²) in [6, 6.07) is 3.80. The first-order valence-corrected chi connectivity index (χ1v) is 8.52. The summed E-state index contributed by atoms with van der Waals surface area (Å²) in [6.07, 6.45) is 3.48. The first kappa shape index (κ1) is 17.3. The monoisotopic (exact) mass is 345 g/mol. The lowest BCUT2D eigenvalue weighted by Gasteiger charge is -2.35. The van der Waals surface area contributed by atoms with Crippen LogP contribution in [0.25, 0.3) is 11.5 Å². The summed E-state index contributed by atoms with van der Waals surface area (Å²) < 4.78 is 10.7. The molecule has 0 bridgehead atoms. The number of aryl methyl sites for hydroxylation is 1. The first-order valence-electron chi connectivity index (χ1n) is 8.52. The maximum Gasteiger partial charge on any atom is 0.251 e. The quantitative estimate of drug-likeness (QED) is 0.782. The Hall–Kier alpha value is -2.48. The number of carbonyl (C=O) groups excluding carboxylic acids is 1. The van der Waals surface area contributed by atoms with Crippen LogP contribution in [0.3, 0.4) is 0 Å². The number of carbonyl (C=O) groups is 1. The van der Waals surface area contributed by atoms with Gasteiger partial charge in [-0.25, -0.2) is 4.98 Å². The van der Waals surface area contributed by atoms with E-state index in [1.807, 2.05) is 17.0 Å². The lowest BCUT2D eigenvalue weighted by Crippen LogP contribution is -2.50. The molecule has 0 saturated carbocycles. The van der Waals surface area contributed by atoms with Crippen LogP contribution in [0.5, 0.6) is 0 Å². The zero-order valence-electron chi connectivity index (χ0n) is 14.6. The van der Waals surface area contributed by atoms with Crippen molar-refractivity contribution < 1.29 is 13.9 Å². The number of amides is 1. The molecular weight excluding hydrogens is 322 g/mol. The number of rotatable bonds is 6. The van der Waals surface area contributed by atoms with E-state index in [2.05, 4.69) is 27.0 Å². The molecule has 8 nitrogen and oxygen atoms in total. The smallest absolute Gasteiger partial charge is 0.251 e. The fraction of sp³-hybridized carbons (Fsp3) is 0.529. The Bertz CT molecular complexity index is 710. The number of pyridine rings is 1. The van der Waals surface area contributed by atoms with E-state index < -0.39 is 0 Å². The Balaban J connectivity index is 1.74. The van der Waals surface area contributed by atoms with Crippen molar-refractivity contribution in [3.63, 3.8) is 0 Å². The molecule has 0 N–H and O–H groups in total. The van der Waals surface area contributed by atoms with Crippen molar-refractivity contribution in [2.75, 3.05) is 44.8 Å². The number of hydrogen-bond donors (Lipinski definition) is 0. The molecule has 0 aromatic carbocycles. The fourth-order valence-corrected chi connectivity index (χ4v) is 2.88. The van der Waals surface area contributed by atoms with E-state index in [-0.39, 0.29) is 12.5 Å². The van der Waals surface area contributed by atoms with Crippen LogP contribution < -0.4 is 4.90 Å². The average Bonchev–Trinajstić information content (AvgIpc) is 3.11. The maximum atomic E-state index is 11.9. The van der Waals surface area contributed by atoms with Crippen molar-refractivity contribution in [2.45, 2.75) is 19.8 Å². The van der Waals surface area contributed by atoms with Crippen molar-refractivity contribution in [3.8, 4) is 11.5 Å². The van der Waals surface area contributed by atoms with Crippen molar-refractivity contribution in [2.24, 2.45) is 0 Å². The van der Waals surface area contributed by atoms with Crippen molar-refractivity contribution in [1.82, 2.24) is 20.1 Å². The fourth-order valence-electron chi connectivity index (χ4n) is 2.88. The number of piperazine rings is 1. The molecule has 2 aromatic rings. The van der Waals surface area contributed by atoms with Gasteiger partial charge in [-0.1, -0.05) is 6.92 Å². The molecule has 25 heavy (non-hydrogen) atoms. The normalized spacial score (nSPS) is 14.8. The SMILES string of the molecule is CCCc1nnc(-c2cccnc2N2CCN(C(=O)COC)CC2)o1. The maximum absolute atomic E-state index is 11.9. The number of methoxy groups -OCH3 is 1. The van der Waals surface area contributed by atoms with E-state index in [9.17, 15) is 4.79 Å². The largest absolute Gasteiger partial charge is 0.421 e. The molecule has 1 fully saturated rings. The van der Waals surface area contributed by atoms with Gasteiger partial charge in [0, 0.05) is 45.9 Å². The standard InChI is InChI=1S/C17H23N5O3/c1-3-5-14-19-20-17(25-14)13-6-4-7-18-16(13)22-10-8-21(9-11-22)15(23)12-24-2/h4,6-7H,3,5,8-12H2,1-2H3. The minimum absolute atomic E-state index is 0.0181. The molecule has 3 rings (SSSR count). The third kappa shape index (κ3) is 3.96. The topological polar surface area (TPSA) is 84.6 Å². The molecule has 8 heteroatoms. The molecule has 3 heterocycles. The summed E-state index contributed by atoms with van der Waals surface area (Å²) >= 11 is 0. The van der Waals surface area contributed by atoms with E-state index >= 15 is 0 Å². The third-order valence-corrected chi connectivity index (χ3v) is 4.15. The lowest BCUT2D eigenvalue weighted by atomic mass is 10.2. The second-order valence-electron chi connectivity index (χ2n) is 5.93. The summed E-state index contributed by atoms with van der Waals surface area (Å²) in [5.41, 5.74) is 0.828. The number of aromatic nitrogens is 3. The highest BCUT2D eigenvalue weighted by molar-refractivity contribution is 5.78. The van der Waals surface area contributed by atoms with Crippen LogP contribution >= 0.6 is 0 Å². The molecular formula is C17H23N5O3. The van der Waals surface area contributed by atoms with Crippen LogP contribution in [-0.2, 0) is 16.0 Å². The second-order valence-corrected chi connectivity index (χ2v) is 5.93. The molecule has 0 radical (unpaired) electrons. The number of hydrogen-bond acceptors (Lipinski definition) is 7. The molecule has 1 aliphatic heterocycles. The predicted octanol–water partition coefficient (Wildman–Crippen LogP) is 1.38. The van der Waals surface area contributed by atoms with Gasteiger partial charge in [-0.2, -0.15) is 0 Å². The second kappa shape index (κ2) is 8.06. The van der Waals surface area contributed by atoms with Crippen LogP contribution in [0.2, 0.25) is 0 Å². The number of ether oxygens (including phenoxy) is 1. The van der Waals surface area contributed by atoms with E-state index in [0.29, 0.717) is 38.0 Å². The highest BCUT2D eigenvalue weighted by Gasteiger charge is 2.24. The summed E-state index contributed by atoms with van der Waals surface area (Å²) in [7, 11) is 1.53. The van der Waals surface area contributed by atoms with E-state index in [1.54, 1.807) is 6.20 Å². The molecule has 0 atom stereocenters. The zero-order valence-corrected chi connectivity index (χ0v) is 14.6. The molecule has 1 amide bonds. The molecule has 0 spiro atoms. The highest BCUT2D eigenvalue weighted by atomic mass is 16.5. The minimum Gasteiger partial charge on any atom is -0.421 e. The average molecular weight is 345 g/mol. The molecule has 2 aromatic heterocycles. The van der Waals surface area contributed by atoms with Crippen LogP contribution in [0, 0.1) is 0 Å². The van der Waals surface area contributed by atoms with Gasteiger partial charge < -0.3 is 19.0 Å². The Kier molecular flexibility index (Phi) is 5.60. The van der Waals surface area contributed by atoms with Gasteiger partial charge in [-0.05, 0) is 18.6 Å². The Morgan fingerprint density at radius 2 is 2.08 bits per heavy atom. The molecule has 1 aliphatic rings. The van der Waals surface area contributed by atoms with Gasteiger partial charge in [0.05, 0.1) is 5.56 Å². The van der Waals surface area contributed by atoms with Gasteiger partial charge in [-0.3, -0.25) is 4.79 Å². The van der Waals surface area contributed by atoms with Gasteiger partial charge >= 0.3 is 0 Å². The minimum atomic E-state index is 0.0181. The Labute approximate surface area is 146 Å². The number of anilines is 1. The van der Waals surface area contributed by atoms with Gasteiger partial charge in [0.25, 0.3) is 5.89 Å². The van der Waals surface area contributed by atoms with Gasteiger partial charge in [0.1, 0.15) is 12.4 Å². The zero-order chi connectivity index (χ0) is 17.6. The molecule has 1 saturated heterocycles. The highest BCUT2D eigenvalue weighted by Crippen LogP contribution is 2.28. The van der Waals surface area contributed by atoms with Crippen molar-refractivity contribution in [1.29, 1.82) is 0 Å². The molecule has 0 aliphatic carbocycles. The first-order chi connectivity index (χ1) is 12.2. The van der Waals surface area contributed by atoms with Gasteiger partial charge in [0.15, 0.2) is 0 Å². The summed E-state index contributed by atoms with van der Waals surface area (Å²) in [5, 5.41) is 8.26. The van der Waals surface area contributed by atoms with Crippen LogP contribution in [0.4, 0.5) is 5.82 Å². The number of nitrogens with zero attached hydrogens (tertiary/aromatic N) is 5. The van der Waals surface area contributed by atoms with Crippen LogP contribution in [-0.4, -0.2) is 65.9 Å². The summed E-state index contributed by atoms with van der Waals surface area (Å²) in [6.45, 7) is 4.89. The van der Waals surface area contributed by atoms with Crippen LogP contribution in [0.15, 0.2) is 22.7 Å². The Morgan fingerprint density at radius 3 is 2.80 bits per heavy atom. The van der Waals surface area contributed by atoms with E-state index in [4.69, 9.17) is 9.15 Å². The van der Waals surface area contributed by atoms with E-state index in [0.717, 1.165) is 24.2 Å². The van der Waals surface area contributed by atoms with Crippen molar-refractivity contribution >= 4 is 11.7 Å². The van der Waals surface area contributed by atoms with Crippen molar-refractivity contribution in [3.05, 3.63) is 24.2 Å². The third-order valence-electron chi connectivity index (χ3n) is 4.15. The molecule has 0 unspecified atom stereocenters. The Morgan fingerprint density at radius 1 is 1.28 bits per heavy atom. The van der Waals surface area contributed by atoms with Crippen LogP contribution in [0.1, 0.15) is 19.2 Å². The predicted molar refractivity (Wildman–Crippen MR) is 92.2 cm³/mol. The van der Waals surface area contributed by atoms with E-state index in [1.165, 1.54) is 7.11 Å². The van der Waals surface area contributed by atoms with Gasteiger partial charge in [-0.15, -0.1) is 10.2 Å². The lowest BCUT2D eigenvalue weighted by molar-refractivity contribution is -0.135. The summed E-state index contributed by atoms with van der Waals surface area (Å²) in [5.74, 6) is 1.96.